The van der Waals surface area contributed by atoms with Crippen LogP contribution in [0.1, 0.15) is 34.5 Å². The highest BCUT2D eigenvalue weighted by Gasteiger charge is 2.20. The predicted molar refractivity (Wildman–Crippen MR) is 120 cm³/mol. The molecule has 0 radical (unpaired) electrons. The first-order valence-corrected chi connectivity index (χ1v) is 11.0. The molecular weight excluding hydrogens is 384 g/mol. The largest absolute Gasteiger partial charge is 0.371 e. The van der Waals surface area contributed by atoms with Gasteiger partial charge in [0.05, 0.1) is 12.0 Å². The SMILES string of the molecule is CN(C)CCCNC(=O)c1cc(NC(=O)Cc2cccs2)ccc1N1CCCC1. The average molecular weight is 415 g/mol. The van der Waals surface area contributed by atoms with Crippen LogP contribution in [0.5, 0.6) is 0 Å². The summed E-state index contributed by atoms with van der Waals surface area (Å²) in [5.74, 6) is -0.154. The third-order valence-electron chi connectivity index (χ3n) is 4.95. The molecule has 0 atom stereocenters. The molecule has 1 fully saturated rings. The Hall–Kier alpha value is -2.38. The van der Waals surface area contributed by atoms with Crippen molar-refractivity contribution in [2.45, 2.75) is 25.7 Å². The minimum atomic E-state index is -0.0833. The van der Waals surface area contributed by atoms with Gasteiger partial charge in [-0.3, -0.25) is 9.59 Å². The van der Waals surface area contributed by atoms with Crippen LogP contribution in [0.15, 0.2) is 35.7 Å². The van der Waals surface area contributed by atoms with E-state index in [4.69, 9.17) is 0 Å². The smallest absolute Gasteiger partial charge is 0.253 e. The standard InChI is InChI=1S/C22H30N4O2S/c1-25(2)11-6-10-23-22(28)19-15-17(8-9-20(19)26-12-3-4-13-26)24-21(27)16-18-7-5-14-29-18/h5,7-9,14-15H,3-4,6,10-13,16H2,1-2H3,(H,23,28)(H,24,27). The monoisotopic (exact) mass is 414 g/mol. The molecule has 1 aliphatic heterocycles. The number of carbonyl (C=O) groups is 2. The van der Waals surface area contributed by atoms with Gasteiger partial charge in [-0.05, 0) is 69.5 Å². The number of amides is 2. The number of rotatable bonds is 9. The van der Waals surface area contributed by atoms with E-state index in [-0.39, 0.29) is 11.8 Å². The van der Waals surface area contributed by atoms with E-state index in [1.807, 2.05) is 43.7 Å². The average Bonchev–Trinajstić information content (AvgIpc) is 3.39. The normalized spacial score (nSPS) is 13.7. The van der Waals surface area contributed by atoms with Gasteiger partial charge >= 0.3 is 0 Å². The van der Waals surface area contributed by atoms with Crippen molar-refractivity contribution in [3.63, 3.8) is 0 Å². The highest BCUT2D eigenvalue weighted by Crippen LogP contribution is 2.27. The minimum Gasteiger partial charge on any atom is -0.371 e. The number of nitrogens with zero attached hydrogens (tertiary/aromatic N) is 2. The second-order valence-electron chi connectivity index (χ2n) is 7.64. The number of benzene rings is 1. The zero-order valence-electron chi connectivity index (χ0n) is 17.2. The van der Waals surface area contributed by atoms with Gasteiger partial charge in [-0.15, -0.1) is 11.3 Å². The number of thiophene rings is 1. The molecule has 1 aromatic heterocycles. The van der Waals surface area contributed by atoms with Crippen LogP contribution in [-0.2, 0) is 11.2 Å². The fourth-order valence-corrected chi connectivity index (χ4v) is 4.20. The Morgan fingerprint density at radius 1 is 1.17 bits per heavy atom. The van der Waals surface area contributed by atoms with Crippen molar-refractivity contribution in [1.82, 2.24) is 10.2 Å². The molecular formula is C22H30N4O2S. The molecule has 6 nitrogen and oxygen atoms in total. The summed E-state index contributed by atoms with van der Waals surface area (Å²) >= 11 is 1.57. The van der Waals surface area contributed by atoms with Crippen LogP contribution in [0.2, 0.25) is 0 Å². The Balaban J connectivity index is 1.70. The minimum absolute atomic E-state index is 0.0706. The highest BCUT2D eigenvalue weighted by molar-refractivity contribution is 7.10. The van der Waals surface area contributed by atoms with Crippen LogP contribution in [0, 0.1) is 0 Å². The molecule has 0 spiro atoms. The third kappa shape index (κ3) is 6.30. The number of hydrogen-bond donors (Lipinski definition) is 2. The van der Waals surface area contributed by atoms with Gasteiger partial charge in [0.25, 0.3) is 5.91 Å². The van der Waals surface area contributed by atoms with Gasteiger partial charge in [-0.25, -0.2) is 0 Å². The molecule has 2 amide bonds. The third-order valence-corrected chi connectivity index (χ3v) is 5.83. The van der Waals surface area contributed by atoms with Gasteiger partial charge in [0.15, 0.2) is 0 Å². The van der Waals surface area contributed by atoms with Gasteiger partial charge in [-0.1, -0.05) is 6.07 Å². The molecule has 1 aliphatic rings. The summed E-state index contributed by atoms with van der Waals surface area (Å²) in [7, 11) is 4.05. The van der Waals surface area contributed by atoms with Crippen molar-refractivity contribution < 1.29 is 9.59 Å². The lowest BCUT2D eigenvalue weighted by Gasteiger charge is -2.22. The Morgan fingerprint density at radius 2 is 1.97 bits per heavy atom. The summed E-state index contributed by atoms with van der Waals surface area (Å²) in [5.41, 5.74) is 2.24. The van der Waals surface area contributed by atoms with Crippen molar-refractivity contribution in [3.05, 3.63) is 46.2 Å². The van der Waals surface area contributed by atoms with Gasteiger partial charge in [0.1, 0.15) is 0 Å². The lowest BCUT2D eigenvalue weighted by atomic mass is 10.1. The molecule has 2 aromatic rings. The second kappa shape index (κ2) is 10.4. The van der Waals surface area contributed by atoms with Gasteiger partial charge < -0.3 is 20.4 Å². The Morgan fingerprint density at radius 3 is 2.66 bits per heavy atom. The van der Waals surface area contributed by atoms with Gasteiger partial charge in [0.2, 0.25) is 5.91 Å². The summed E-state index contributed by atoms with van der Waals surface area (Å²) in [6.07, 6.45) is 3.53. The molecule has 2 heterocycles. The molecule has 0 unspecified atom stereocenters. The molecule has 2 N–H and O–H groups in total. The zero-order chi connectivity index (χ0) is 20.6. The summed E-state index contributed by atoms with van der Waals surface area (Å²) in [4.78, 5) is 30.6. The van der Waals surface area contributed by atoms with E-state index in [1.165, 1.54) is 0 Å². The van der Waals surface area contributed by atoms with E-state index in [1.54, 1.807) is 17.4 Å². The second-order valence-corrected chi connectivity index (χ2v) is 8.68. The van der Waals surface area contributed by atoms with Crippen molar-refractivity contribution >= 4 is 34.5 Å². The van der Waals surface area contributed by atoms with E-state index in [0.29, 0.717) is 24.2 Å². The summed E-state index contributed by atoms with van der Waals surface area (Å²) in [5, 5.41) is 7.93. The summed E-state index contributed by atoms with van der Waals surface area (Å²) < 4.78 is 0. The van der Waals surface area contributed by atoms with E-state index in [2.05, 4.69) is 20.4 Å². The molecule has 1 aromatic carbocycles. The van der Waals surface area contributed by atoms with Crippen molar-refractivity contribution in [3.8, 4) is 0 Å². The summed E-state index contributed by atoms with van der Waals surface area (Å²) in [6.45, 7) is 3.49. The van der Waals surface area contributed by atoms with Crippen LogP contribution in [0.3, 0.4) is 0 Å². The maximum absolute atomic E-state index is 12.9. The van der Waals surface area contributed by atoms with Gasteiger partial charge in [-0.2, -0.15) is 0 Å². The van der Waals surface area contributed by atoms with E-state index in [0.717, 1.165) is 49.5 Å². The first-order valence-electron chi connectivity index (χ1n) is 10.2. The lowest BCUT2D eigenvalue weighted by Crippen LogP contribution is -2.29. The zero-order valence-corrected chi connectivity index (χ0v) is 18.1. The lowest BCUT2D eigenvalue weighted by molar-refractivity contribution is -0.115. The van der Waals surface area contributed by atoms with Gasteiger partial charge in [0, 0.05) is 35.9 Å². The van der Waals surface area contributed by atoms with Crippen molar-refractivity contribution in [2.75, 3.05) is 50.5 Å². The Kier molecular flexibility index (Phi) is 7.66. The Labute approximate surface area is 176 Å². The number of nitrogens with one attached hydrogen (secondary N) is 2. The molecule has 7 heteroatoms. The van der Waals surface area contributed by atoms with Crippen LogP contribution >= 0.6 is 11.3 Å². The molecule has 0 bridgehead atoms. The number of carbonyl (C=O) groups excluding carboxylic acids is 2. The summed E-state index contributed by atoms with van der Waals surface area (Å²) in [6, 6.07) is 9.55. The maximum Gasteiger partial charge on any atom is 0.253 e. The fraction of sp³-hybridized carbons (Fsp3) is 0.455. The topological polar surface area (TPSA) is 64.7 Å². The molecule has 0 aliphatic carbocycles. The molecule has 29 heavy (non-hydrogen) atoms. The molecule has 0 saturated carbocycles. The predicted octanol–water partition coefficient (Wildman–Crippen LogP) is 3.21. The van der Waals surface area contributed by atoms with Crippen molar-refractivity contribution in [1.29, 1.82) is 0 Å². The maximum atomic E-state index is 12.9. The number of anilines is 2. The quantitative estimate of drug-likeness (QED) is 0.619. The molecule has 1 saturated heterocycles. The van der Waals surface area contributed by atoms with Crippen molar-refractivity contribution in [2.24, 2.45) is 0 Å². The van der Waals surface area contributed by atoms with Crippen LogP contribution < -0.4 is 15.5 Å². The first-order chi connectivity index (χ1) is 14.0. The highest BCUT2D eigenvalue weighted by atomic mass is 32.1. The van der Waals surface area contributed by atoms with Crippen LogP contribution in [-0.4, -0.2) is 57.0 Å². The van der Waals surface area contributed by atoms with E-state index >= 15 is 0 Å². The van der Waals surface area contributed by atoms with E-state index < -0.39 is 0 Å². The Bertz CT molecular complexity index is 814. The van der Waals surface area contributed by atoms with E-state index in [9.17, 15) is 9.59 Å². The molecule has 3 rings (SSSR count). The molecule has 156 valence electrons. The van der Waals surface area contributed by atoms with Crippen LogP contribution in [0.25, 0.3) is 0 Å². The first kappa shape index (κ1) is 21.3. The fourth-order valence-electron chi connectivity index (χ4n) is 3.50. The van der Waals surface area contributed by atoms with Crippen LogP contribution in [0.4, 0.5) is 11.4 Å². The number of hydrogen-bond acceptors (Lipinski definition) is 5.